The summed E-state index contributed by atoms with van der Waals surface area (Å²) in [5.74, 6) is -1.47. The van der Waals surface area contributed by atoms with Gasteiger partial charge in [0.05, 0.1) is 12.1 Å². The van der Waals surface area contributed by atoms with Gasteiger partial charge in [0.25, 0.3) is 0 Å². The van der Waals surface area contributed by atoms with Crippen LogP contribution >= 0.6 is 0 Å². The number of aliphatic hydroxyl groups is 1. The molecule has 1 aliphatic rings. The van der Waals surface area contributed by atoms with Crippen LogP contribution in [0.25, 0.3) is 0 Å². The molecule has 1 heterocycles. The first kappa shape index (κ1) is 12.9. The Morgan fingerprint density at radius 2 is 2.19 bits per heavy atom. The van der Waals surface area contributed by atoms with Crippen molar-refractivity contribution in [1.82, 2.24) is 4.90 Å². The molecule has 92 valence electrons. The second-order valence-corrected chi connectivity index (χ2v) is 4.13. The predicted molar refractivity (Wildman–Crippen MR) is 56.6 cm³/mol. The zero-order chi connectivity index (χ0) is 12.3. The highest BCUT2D eigenvalue weighted by Gasteiger charge is 2.40. The number of amides is 1. The summed E-state index contributed by atoms with van der Waals surface area (Å²) in [5, 5.41) is 18.3. The molecule has 0 aliphatic carbocycles. The average molecular weight is 230 g/mol. The monoisotopic (exact) mass is 230 g/mol. The van der Waals surface area contributed by atoms with E-state index in [1.165, 1.54) is 4.90 Å². The summed E-state index contributed by atoms with van der Waals surface area (Å²) in [6, 6.07) is -1.61. The van der Waals surface area contributed by atoms with Crippen molar-refractivity contribution >= 4 is 11.9 Å². The topological polar surface area (TPSA) is 104 Å². The number of nitrogens with zero attached hydrogens (tertiary/aromatic N) is 1. The maximum atomic E-state index is 11.8. The zero-order valence-corrected chi connectivity index (χ0v) is 9.30. The van der Waals surface area contributed by atoms with E-state index in [0.29, 0.717) is 6.42 Å². The van der Waals surface area contributed by atoms with E-state index in [4.69, 9.17) is 10.8 Å². The number of hydrogen-bond acceptors (Lipinski definition) is 4. The Balaban J connectivity index is 2.70. The largest absolute Gasteiger partial charge is 0.480 e. The first-order valence-electron chi connectivity index (χ1n) is 5.44. The highest BCUT2D eigenvalue weighted by molar-refractivity contribution is 5.87. The third-order valence-electron chi connectivity index (χ3n) is 2.76. The van der Waals surface area contributed by atoms with Gasteiger partial charge < -0.3 is 20.8 Å². The van der Waals surface area contributed by atoms with E-state index in [2.05, 4.69) is 0 Å². The van der Waals surface area contributed by atoms with Gasteiger partial charge in [-0.05, 0) is 6.42 Å². The molecular formula is C10H18N2O4. The van der Waals surface area contributed by atoms with E-state index in [-0.39, 0.29) is 18.9 Å². The SMILES string of the molecule is CCC[C@H](N)C(=O)N1CC(O)C[C@H]1C(=O)O. The molecule has 0 saturated carbocycles. The van der Waals surface area contributed by atoms with Crippen LogP contribution in [0.1, 0.15) is 26.2 Å². The summed E-state index contributed by atoms with van der Waals surface area (Å²) in [4.78, 5) is 23.9. The van der Waals surface area contributed by atoms with Crippen LogP contribution in [0.5, 0.6) is 0 Å². The van der Waals surface area contributed by atoms with Crippen LogP contribution in [0.2, 0.25) is 0 Å². The van der Waals surface area contributed by atoms with Crippen molar-refractivity contribution in [2.75, 3.05) is 6.54 Å². The number of likely N-dealkylation sites (tertiary alicyclic amines) is 1. The lowest BCUT2D eigenvalue weighted by molar-refractivity contribution is -0.148. The van der Waals surface area contributed by atoms with E-state index in [1.807, 2.05) is 6.92 Å². The molecule has 0 bridgehead atoms. The van der Waals surface area contributed by atoms with Crippen LogP contribution in [-0.2, 0) is 9.59 Å². The average Bonchev–Trinajstić information content (AvgIpc) is 2.59. The number of carbonyl (C=O) groups excluding carboxylic acids is 1. The van der Waals surface area contributed by atoms with Gasteiger partial charge in [-0.15, -0.1) is 0 Å². The summed E-state index contributed by atoms with van der Waals surface area (Å²) in [6.45, 7) is 1.97. The second kappa shape index (κ2) is 5.27. The highest BCUT2D eigenvalue weighted by atomic mass is 16.4. The van der Waals surface area contributed by atoms with Crippen molar-refractivity contribution < 1.29 is 19.8 Å². The van der Waals surface area contributed by atoms with Crippen molar-refractivity contribution in [3.63, 3.8) is 0 Å². The Morgan fingerprint density at radius 3 is 2.69 bits per heavy atom. The molecule has 0 aromatic carbocycles. The minimum Gasteiger partial charge on any atom is -0.480 e. The summed E-state index contributed by atoms with van der Waals surface area (Å²) in [6.07, 6.45) is 0.609. The van der Waals surface area contributed by atoms with Crippen molar-refractivity contribution in [2.24, 2.45) is 5.73 Å². The third kappa shape index (κ3) is 2.70. The molecule has 4 N–H and O–H groups in total. The Hall–Kier alpha value is -1.14. The predicted octanol–water partition coefficient (Wildman–Crippen LogP) is -0.840. The Bertz CT molecular complexity index is 282. The van der Waals surface area contributed by atoms with Gasteiger partial charge >= 0.3 is 5.97 Å². The summed E-state index contributed by atoms with van der Waals surface area (Å²) >= 11 is 0. The number of nitrogens with two attached hydrogens (primary N) is 1. The lowest BCUT2D eigenvalue weighted by Crippen LogP contribution is -2.48. The molecule has 16 heavy (non-hydrogen) atoms. The maximum absolute atomic E-state index is 11.8. The van der Waals surface area contributed by atoms with Crippen LogP contribution in [-0.4, -0.2) is 51.7 Å². The van der Waals surface area contributed by atoms with Crippen LogP contribution < -0.4 is 5.73 Å². The van der Waals surface area contributed by atoms with Gasteiger partial charge in [-0.1, -0.05) is 13.3 Å². The highest BCUT2D eigenvalue weighted by Crippen LogP contribution is 2.19. The van der Waals surface area contributed by atoms with Crippen LogP contribution in [0.4, 0.5) is 0 Å². The van der Waals surface area contributed by atoms with Crippen molar-refractivity contribution in [3.8, 4) is 0 Å². The fourth-order valence-electron chi connectivity index (χ4n) is 1.94. The summed E-state index contributed by atoms with van der Waals surface area (Å²) in [5.41, 5.74) is 5.65. The molecule has 1 saturated heterocycles. The van der Waals surface area contributed by atoms with Gasteiger partial charge in [-0.3, -0.25) is 4.79 Å². The molecule has 1 amide bonds. The van der Waals surface area contributed by atoms with Gasteiger partial charge in [-0.2, -0.15) is 0 Å². The van der Waals surface area contributed by atoms with E-state index >= 15 is 0 Å². The number of carboxylic acids is 1. The van der Waals surface area contributed by atoms with E-state index in [1.54, 1.807) is 0 Å². The fraction of sp³-hybridized carbons (Fsp3) is 0.800. The molecule has 1 unspecified atom stereocenters. The first-order chi connectivity index (χ1) is 7.47. The minimum absolute atomic E-state index is 0.0627. The number of carboxylic acid groups (broad SMARTS) is 1. The molecule has 0 radical (unpaired) electrons. The van der Waals surface area contributed by atoms with Crippen LogP contribution in [0, 0.1) is 0 Å². The Kier molecular flexibility index (Phi) is 4.26. The molecule has 1 fully saturated rings. The summed E-state index contributed by atoms with van der Waals surface area (Å²) < 4.78 is 0. The maximum Gasteiger partial charge on any atom is 0.326 e. The molecule has 6 nitrogen and oxygen atoms in total. The molecule has 0 aromatic rings. The van der Waals surface area contributed by atoms with E-state index in [9.17, 15) is 14.7 Å². The normalized spacial score (nSPS) is 26.8. The third-order valence-corrected chi connectivity index (χ3v) is 2.76. The Morgan fingerprint density at radius 1 is 1.56 bits per heavy atom. The first-order valence-corrected chi connectivity index (χ1v) is 5.44. The van der Waals surface area contributed by atoms with Gasteiger partial charge in [0.15, 0.2) is 0 Å². The summed E-state index contributed by atoms with van der Waals surface area (Å²) in [7, 11) is 0. The lowest BCUT2D eigenvalue weighted by atomic mass is 10.1. The number of carbonyl (C=O) groups is 2. The van der Waals surface area contributed by atoms with Gasteiger partial charge in [0, 0.05) is 13.0 Å². The Labute approximate surface area is 94.0 Å². The molecule has 1 aliphatic heterocycles. The van der Waals surface area contributed by atoms with Gasteiger partial charge in [0.2, 0.25) is 5.91 Å². The van der Waals surface area contributed by atoms with Crippen molar-refractivity contribution in [1.29, 1.82) is 0 Å². The molecule has 1 rings (SSSR count). The van der Waals surface area contributed by atoms with Crippen molar-refractivity contribution in [2.45, 2.75) is 44.4 Å². The zero-order valence-electron chi connectivity index (χ0n) is 9.30. The van der Waals surface area contributed by atoms with E-state index in [0.717, 1.165) is 6.42 Å². The fourth-order valence-corrected chi connectivity index (χ4v) is 1.94. The number of rotatable bonds is 4. The quantitative estimate of drug-likeness (QED) is 0.584. The van der Waals surface area contributed by atoms with E-state index < -0.39 is 24.2 Å². The second-order valence-electron chi connectivity index (χ2n) is 4.13. The minimum atomic E-state index is -1.09. The standard InChI is InChI=1S/C10H18N2O4/c1-2-3-7(11)9(14)12-5-6(13)4-8(12)10(15)16/h6-8,13H,2-5,11H2,1H3,(H,15,16)/t6?,7-,8-/m0/s1. The number of aliphatic carboxylic acids is 1. The van der Waals surface area contributed by atoms with Crippen LogP contribution in [0.3, 0.4) is 0 Å². The molecule has 6 heteroatoms. The van der Waals surface area contributed by atoms with Gasteiger partial charge in [0.1, 0.15) is 6.04 Å². The van der Waals surface area contributed by atoms with Crippen LogP contribution in [0.15, 0.2) is 0 Å². The number of aliphatic hydroxyl groups excluding tert-OH is 1. The van der Waals surface area contributed by atoms with Gasteiger partial charge in [-0.25, -0.2) is 4.79 Å². The lowest BCUT2D eigenvalue weighted by Gasteiger charge is -2.24. The molecular weight excluding hydrogens is 212 g/mol. The molecule has 0 spiro atoms. The number of hydrogen-bond donors (Lipinski definition) is 3. The molecule has 0 aromatic heterocycles. The number of β-amino-alcohol motifs (C(OH)–C–C–N with tert-alkyl or cyclic N) is 1. The van der Waals surface area contributed by atoms with Crippen molar-refractivity contribution in [3.05, 3.63) is 0 Å². The smallest absolute Gasteiger partial charge is 0.326 e. The molecule has 3 atom stereocenters.